The Hall–Kier alpha value is -0.900. The van der Waals surface area contributed by atoms with Crippen molar-refractivity contribution >= 4 is 0 Å². The molecule has 3 atom stereocenters. The van der Waals surface area contributed by atoms with Crippen LogP contribution in [0, 0.1) is 0 Å². The van der Waals surface area contributed by atoms with E-state index in [-0.39, 0.29) is 12.2 Å². The molecule has 0 amide bonds. The van der Waals surface area contributed by atoms with Gasteiger partial charge in [0.05, 0.1) is 25.4 Å². The van der Waals surface area contributed by atoms with E-state index < -0.39 is 0 Å². The molecule has 3 unspecified atom stereocenters. The molecule has 0 heterocycles. The van der Waals surface area contributed by atoms with Gasteiger partial charge in [-0.25, -0.2) is 0 Å². The fourth-order valence-corrected chi connectivity index (χ4v) is 2.83. The molecule has 0 saturated heterocycles. The lowest BCUT2D eigenvalue weighted by Crippen LogP contribution is -2.36. The molecule has 1 N–H and O–H groups in total. The van der Waals surface area contributed by atoms with Crippen molar-refractivity contribution in [1.29, 1.82) is 0 Å². The molecule has 3 heteroatoms. The molecule has 0 aromatic heterocycles. The van der Waals surface area contributed by atoms with E-state index in [1.807, 2.05) is 6.07 Å². The van der Waals surface area contributed by atoms with Crippen LogP contribution in [0.3, 0.4) is 0 Å². The van der Waals surface area contributed by atoms with E-state index in [0.717, 1.165) is 32.3 Å². The van der Waals surface area contributed by atoms with Gasteiger partial charge in [0.25, 0.3) is 0 Å². The summed E-state index contributed by atoms with van der Waals surface area (Å²) in [6.45, 7) is 4.07. The Morgan fingerprint density at radius 1 is 1.10 bits per heavy atom. The van der Waals surface area contributed by atoms with E-state index in [0.29, 0.717) is 19.1 Å². The third kappa shape index (κ3) is 4.58. The van der Waals surface area contributed by atoms with E-state index in [1.54, 1.807) is 0 Å². The summed E-state index contributed by atoms with van der Waals surface area (Å²) in [7, 11) is 0. The van der Waals surface area contributed by atoms with Crippen LogP contribution in [0.4, 0.5) is 0 Å². The molecule has 1 fully saturated rings. The van der Waals surface area contributed by atoms with Crippen LogP contribution < -0.4 is 0 Å². The van der Waals surface area contributed by atoms with Gasteiger partial charge >= 0.3 is 0 Å². The third-order valence-electron chi connectivity index (χ3n) is 3.94. The first-order valence-corrected chi connectivity index (χ1v) is 7.73. The monoisotopic (exact) mass is 278 g/mol. The van der Waals surface area contributed by atoms with Crippen LogP contribution in [0.1, 0.15) is 44.1 Å². The SMILES string of the molecule is CCCOCCOC1CC(c2ccccc2)CCC1O. The highest BCUT2D eigenvalue weighted by molar-refractivity contribution is 5.20. The van der Waals surface area contributed by atoms with E-state index >= 15 is 0 Å². The Morgan fingerprint density at radius 3 is 2.65 bits per heavy atom. The van der Waals surface area contributed by atoms with Crippen molar-refractivity contribution in [2.75, 3.05) is 19.8 Å². The van der Waals surface area contributed by atoms with Gasteiger partial charge in [-0.2, -0.15) is 0 Å². The Bertz CT molecular complexity index is 366. The normalized spacial score (nSPS) is 26.6. The summed E-state index contributed by atoms with van der Waals surface area (Å²) in [5.74, 6) is 0.501. The Kier molecular flexibility index (Phi) is 6.51. The van der Waals surface area contributed by atoms with Gasteiger partial charge in [-0.1, -0.05) is 37.3 Å². The van der Waals surface area contributed by atoms with Gasteiger partial charge in [-0.05, 0) is 37.2 Å². The molecule has 0 bridgehead atoms. The Balaban J connectivity index is 1.79. The zero-order valence-corrected chi connectivity index (χ0v) is 12.3. The lowest BCUT2D eigenvalue weighted by atomic mass is 9.81. The maximum absolute atomic E-state index is 10.1. The summed E-state index contributed by atoms with van der Waals surface area (Å²) in [4.78, 5) is 0. The van der Waals surface area contributed by atoms with Crippen LogP contribution in [-0.4, -0.2) is 37.1 Å². The fraction of sp³-hybridized carbons (Fsp3) is 0.647. The summed E-state index contributed by atoms with van der Waals surface area (Å²) in [5, 5.41) is 10.1. The van der Waals surface area contributed by atoms with Crippen molar-refractivity contribution in [2.45, 2.75) is 50.7 Å². The van der Waals surface area contributed by atoms with E-state index in [4.69, 9.17) is 9.47 Å². The number of hydrogen-bond donors (Lipinski definition) is 1. The molecular formula is C17H26O3. The number of aliphatic hydroxyl groups is 1. The molecule has 1 aliphatic rings. The van der Waals surface area contributed by atoms with Crippen LogP contribution in [-0.2, 0) is 9.47 Å². The van der Waals surface area contributed by atoms with Crippen LogP contribution in [0.25, 0.3) is 0 Å². The van der Waals surface area contributed by atoms with Crippen LogP contribution >= 0.6 is 0 Å². The maximum atomic E-state index is 10.1. The highest BCUT2D eigenvalue weighted by Gasteiger charge is 2.30. The first kappa shape index (κ1) is 15.5. The number of rotatable bonds is 7. The van der Waals surface area contributed by atoms with Gasteiger partial charge in [0.15, 0.2) is 0 Å². The largest absolute Gasteiger partial charge is 0.390 e. The van der Waals surface area contributed by atoms with Gasteiger partial charge in [0.2, 0.25) is 0 Å². The lowest BCUT2D eigenvalue weighted by Gasteiger charge is -2.33. The number of ether oxygens (including phenoxy) is 2. The fourth-order valence-electron chi connectivity index (χ4n) is 2.83. The molecule has 112 valence electrons. The van der Waals surface area contributed by atoms with Crippen molar-refractivity contribution in [3.63, 3.8) is 0 Å². The zero-order chi connectivity index (χ0) is 14.2. The van der Waals surface area contributed by atoms with Gasteiger partial charge in [-0.15, -0.1) is 0 Å². The molecule has 1 aliphatic carbocycles. The van der Waals surface area contributed by atoms with Crippen LogP contribution in [0.5, 0.6) is 0 Å². The first-order valence-electron chi connectivity index (χ1n) is 7.73. The maximum Gasteiger partial charge on any atom is 0.0840 e. The molecule has 0 radical (unpaired) electrons. The number of benzene rings is 1. The molecule has 1 saturated carbocycles. The predicted molar refractivity (Wildman–Crippen MR) is 79.9 cm³/mol. The minimum absolute atomic E-state index is 0.0563. The van der Waals surface area contributed by atoms with Gasteiger partial charge in [0.1, 0.15) is 0 Å². The third-order valence-corrected chi connectivity index (χ3v) is 3.94. The molecule has 1 aromatic carbocycles. The summed E-state index contributed by atoms with van der Waals surface area (Å²) in [6.07, 6.45) is 3.40. The molecule has 0 spiro atoms. The molecule has 20 heavy (non-hydrogen) atoms. The summed E-state index contributed by atoms with van der Waals surface area (Å²) in [6, 6.07) is 10.5. The van der Waals surface area contributed by atoms with Gasteiger partial charge in [0, 0.05) is 6.61 Å². The summed E-state index contributed by atoms with van der Waals surface area (Å²) in [5.41, 5.74) is 1.36. The second kappa shape index (κ2) is 8.40. The quantitative estimate of drug-likeness (QED) is 0.779. The molecule has 2 rings (SSSR count). The van der Waals surface area contributed by atoms with Gasteiger partial charge < -0.3 is 14.6 Å². The Morgan fingerprint density at radius 2 is 1.90 bits per heavy atom. The predicted octanol–water partition coefficient (Wildman–Crippen LogP) is 3.13. The standard InChI is InChI=1S/C17H26O3/c1-2-10-19-11-12-20-17-13-15(8-9-16(17)18)14-6-4-3-5-7-14/h3-7,15-18H,2,8-13H2,1H3. The van der Waals surface area contributed by atoms with Crippen molar-refractivity contribution in [3.8, 4) is 0 Å². The minimum Gasteiger partial charge on any atom is -0.390 e. The summed E-state index contributed by atoms with van der Waals surface area (Å²) < 4.78 is 11.2. The Labute approximate surface area is 121 Å². The first-order chi connectivity index (χ1) is 9.81. The molecule has 3 nitrogen and oxygen atoms in total. The molecule has 0 aliphatic heterocycles. The van der Waals surface area contributed by atoms with Gasteiger partial charge in [-0.3, -0.25) is 0 Å². The highest BCUT2D eigenvalue weighted by atomic mass is 16.5. The second-order valence-electron chi connectivity index (χ2n) is 5.51. The summed E-state index contributed by atoms with van der Waals surface area (Å²) >= 11 is 0. The average Bonchev–Trinajstić information content (AvgIpc) is 2.49. The number of aliphatic hydroxyl groups excluding tert-OH is 1. The number of hydrogen-bond acceptors (Lipinski definition) is 3. The lowest BCUT2D eigenvalue weighted by molar-refractivity contribution is -0.0774. The minimum atomic E-state index is -0.332. The zero-order valence-electron chi connectivity index (χ0n) is 12.3. The van der Waals surface area contributed by atoms with E-state index in [9.17, 15) is 5.11 Å². The van der Waals surface area contributed by atoms with Crippen molar-refractivity contribution in [1.82, 2.24) is 0 Å². The topological polar surface area (TPSA) is 38.7 Å². The van der Waals surface area contributed by atoms with E-state index in [1.165, 1.54) is 5.56 Å². The van der Waals surface area contributed by atoms with Crippen molar-refractivity contribution in [3.05, 3.63) is 35.9 Å². The highest BCUT2D eigenvalue weighted by Crippen LogP contribution is 2.34. The second-order valence-corrected chi connectivity index (χ2v) is 5.51. The van der Waals surface area contributed by atoms with E-state index in [2.05, 4.69) is 31.2 Å². The average molecular weight is 278 g/mol. The van der Waals surface area contributed by atoms with Crippen LogP contribution in [0.15, 0.2) is 30.3 Å². The van der Waals surface area contributed by atoms with Crippen molar-refractivity contribution < 1.29 is 14.6 Å². The molecule has 1 aromatic rings. The molecular weight excluding hydrogens is 252 g/mol. The van der Waals surface area contributed by atoms with Crippen LogP contribution in [0.2, 0.25) is 0 Å². The smallest absolute Gasteiger partial charge is 0.0840 e. The van der Waals surface area contributed by atoms with Crippen molar-refractivity contribution in [2.24, 2.45) is 0 Å².